The van der Waals surface area contributed by atoms with Gasteiger partial charge in [-0.25, -0.2) is 4.68 Å². The number of aromatic nitrogens is 2. The van der Waals surface area contributed by atoms with Crippen LogP contribution in [0.2, 0.25) is 0 Å². The van der Waals surface area contributed by atoms with Gasteiger partial charge in [0, 0.05) is 37.5 Å². The van der Waals surface area contributed by atoms with E-state index < -0.39 is 5.91 Å². The van der Waals surface area contributed by atoms with Gasteiger partial charge in [-0.2, -0.15) is 5.10 Å². The zero-order chi connectivity index (χ0) is 16.4. The Morgan fingerprint density at radius 3 is 2.74 bits per heavy atom. The van der Waals surface area contributed by atoms with E-state index in [0.29, 0.717) is 18.7 Å². The number of carbonyl (C=O) groups excluding carboxylic acids is 2. The molecule has 2 heterocycles. The summed E-state index contributed by atoms with van der Waals surface area (Å²) < 4.78 is 1.11. The molecule has 0 atom stereocenters. The van der Waals surface area contributed by atoms with Crippen LogP contribution in [-0.2, 0) is 11.8 Å². The van der Waals surface area contributed by atoms with E-state index in [1.807, 2.05) is 6.07 Å². The molecule has 3 rings (SSSR count). The maximum atomic E-state index is 12.2. The van der Waals surface area contributed by atoms with Crippen LogP contribution in [-0.4, -0.2) is 28.1 Å². The molecule has 1 N–H and O–H groups in total. The molecular formula is C16H16N4O3. The Morgan fingerprint density at radius 2 is 2.04 bits per heavy atom. The average molecular weight is 312 g/mol. The van der Waals surface area contributed by atoms with Crippen LogP contribution in [0.4, 0.5) is 11.4 Å². The summed E-state index contributed by atoms with van der Waals surface area (Å²) in [5, 5.41) is 6.64. The second-order valence-electron chi connectivity index (χ2n) is 5.33. The maximum Gasteiger partial charge on any atom is 0.276 e. The molecular weight excluding hydrogens is 296 g/mol. The lowest BCUT2D eigenvalue weighted by molar-refractivity contribution is -0.117. The van der Waals surface area contributed by atoms with Crippen molar-refractivity contribution in [2.75, 3.05) is 16.8 Å². The summed E-state index contributed by atoms with van der Waals surface area (Å²) in [6.07, 6.45) is 1.40. The minimum Gasteiger partial charge on any atom is -0.321 e. The molecule has 0 aliphatic carbocycles. The predicted molar refractivity (Wildman–Crippen MR) is 85.5 cm³/mol. The number of anilines is 2. The van der Waals surface area contributed by atoms with Crippen LogP contribution in [0.25, 0.3) is 0 Å². The highest BCUT2D eigenvalue weighted by Crippen LogP contribution is 2.24. The lowest BCUT2D eigenvalue weighted by Gasteiger charge is -2.16. The number of carbonyl (C=O) groups is 2. The molecule has 1 aromatic heterocycles. The number of rotatable bonds is 3. The lowest BCUT2D eigenvalue weighted by atomic mass is 10.2. The summed E-state index contributed by atoms with van der Waals surface area (Å²) in [4.78, 5) is 37.0. The van der Waals surface area contributed by atoms with Crippen LogP contribution in [0.1, 0.15) is 23.3 Å². The number of hydrogen-bond donors (Lipinski definition) is 1. The third kappa shape index (κ3) is 3.13. The average Bonchev–Trinajstić information content (AvgIpc) is 2.96. The number of nitrogens with one attached hydrogen (secondary N) is 1. The smallest absolute Gasteiger partial charge is 0.276 e. The van der Waals surface area contributed by atoms with E-state index in [-0.39, 0.29) is 17.2 Å². The minimum atomic E-state index is -0.412. The summed E-state index contributed by atoms with van der Waals surface area (Å²) in [5.74, 6) is -0.321. The lowest BCUT2D eigenvalue weighted by Crippen LogP contribution is -2.24. The van der Waals surface area contributed by atoms with Gasteiger partial charge in [0.2, 0.25) is 5.91 Å². The standard InChI is InChI=1S/C16H16N4O3/c1-19-14(21)8-7-13(18-19)16(23)17-11-4-2-5-12(10-11)20-9-3-6-15(20)22/h2,4-5,7-8,10H,3,6,9H2,1H3,(H,17,23). The van der Waals surface area contributed by atoms with Crippen LogP contribution in [0.5, 0.6) is 0 Å². The van der Waals surface area contributed by atoms with Gasteiger partial charge >= 0.3 is 0 Å². The molecule has 0 radical (unpaired) electrons. The summed E-state index contributed by atoms with van der Waals surface area (Å²) in [5.41, 5.74) is 1.20. The monoisotopic (exact) mass is 312 g/mol. The molecule has 1 saturated heterocycles. The normalized spacial score (nSPS) is 14.1. The molecule has 0 spiro atoms. The van der Waals surface area contributed by atoms with E-state index in [9.17, 15) is 14.4 Å². The summed E-state index contributed by atoms with van der Waals surface area (Å²) in [6.45, 7) is 0.693. The minimum absolute atomic E-state index is 0.0909. The van der Waals surface area contributed by atoms with Crippen molar-refractivity contribution in [1.82, 2.24) is 9.78 Å². The van der Waals surface area contributed by atoms with Gasteiger partial charge in [0.15, 0.2) is 0 Å². The third-order valence-corrected chi connectivity index (χ3v) is 3.68. The van der Waals surface area contributed by atoms with Crippen LogP contribution in [0, 0.1) is 0 Å². The van der Waals surface area contributed by atoms with Crippen molar-refractivity contribution in [1.29, 1.82) is 0 Å². The number of aryl methyl sites for hydroxylation is 1. The molecule has 2 aromatic rings. The Kier molecular flexibility index (Phi) is 3.92. The van der Waals surface area contributed by atoms with Crippen molar-refractivity contribution in [3.8, 4) is 0 Å². The molecule has 7 heteroatoms. The zero-order valence-corrected chi connectivity index (χ0v) is 12.7. The second-order valence-corrected chi connectivity index (χ2v) is 5.33. The van der Waals surface area contributed by atoms with Crippen LogP contribution < -0.4 is 15.8 Å². The van der Waals surface area contributed by atoms with Gasteiger partial charge in [-0.05, 0) is 30.7 Å². The first kappa shape index (κ1) is 15.0. The molecule has 1 aliphatic heterocycles. The Morgan fingerprint density at radius 1 is 1.22 bits per heavy atom. The van der Waals surface area contributed by atoms with E-state index in [1.54, 1.807) is 23.1 Å². The number of hydrogen-bond acceptors (Lipinski definition) is 4. The van der Waals surface area contributed by atoms with E-state index in [1.165, 1.54) is 19.2 Å². The van der Waals surface area contributed by atoms with Crippen molar-refractivity contribution in [3.05, 3.63) is 52.4 Å². The van der Waals surface area contributed by atoms with Crippen molar-refractivity contribution < 1.29 is 9.59 Å². The maximum absolute atomic E-state index is 12.2. The highest BCUT2D eigenvalue weighted by Gasteiger charge is 2.21. The van der Waals surface area contributed by atoms with Gasteiger partial charge in [0.1, 0.15) is 5.69 Å². The highest BCUT2D eigenvalue weighted by molar-refractivity contribution is 6.03. The molecule has 1 fully saturated rings. The molecule has 0 saturated carbocycles. The van der Waals surface area contributed by atoms with E-state index in [4.69, 9.17) is 0 Å². The van der Waals surface area contributed by atoms with Gasteiger partial charge < -0.3 is 10.2 Å². The fourth-order valence-electron chi connectivity index (χ4n) is 2.49. The molecule has 23 heavy (non-hydrogen) atoms. The Labute approximate surface area is 132 Å². The molecule has 1 aliphatic rings. The molecule has 1 aromatic carbocycles. The molecule has 0 bridgehead atoms. The Bertz CT molecular complexity index is 828. The molecule has 7 nitrogen and oxygen atoms in total. The summed E-state index contributed by atoms with van der Waals surface area (Å²) in [7, 11) is 1.48. The number of benzene rings is 1. The first-order chi connectivity index (χ1) is 11.0. The molecule has 2 amide bonds. The van der Waals surface area contributed by atoms with Crippen molar-refractivity contribution >= 4 is 23.2 Å². The quantitative estimate of drug-likeness (QED) is 0.921. The second kappa shape index (κ2) is 6.04. The van der Waals surface area contributed by atoms with Crippen LogP contribution >= 0.6 is 0 Å². The fourth-order valence-corrected chi connectivity index (χ4v) is 2.49. The number of amides is 2. The first-order valence-electron chi connectivity index (χ1n) is 7.31. The highest BCUT2D eigenvalue weighted by atomic mass is 16.2. The molecule has 0 unspecified atom stereocenters. The van der Waals surface area contributed by atoms with E-state index >= 15 is 0 Å². The van der Waals surface area contributed by atoms with Crippen molar-refractivity contribution in [2.24, 2.45) is 7.05 Å². The summed E-state index contributed by atoms with van der Waals surface area (Å²) >= 11 is 0. The summed E-state index contributed by atoms with van der Waals surface area (Å²) in [6, 6.07) is 9.79. The number of nitrogens with zero attached hydrogens (tertiary/aromatic N) is 3. The largest absolute Gasteiger partial charge is 0.321 e. The van der Waals surface area contributed by atoms with Gasteiger partial charge in [-0.3, -0.25) is 14.4 Å². The van der Waals surface area contributed by atoms with Gasteiger partial charge in [-0.15, -0.1) is 0 Å². The van der Waals surface area contributed by atoms with Crippen LogP contribution in [0.3, 0.4) is 0 Å². The first-order valence-corrected chi connectivity index (χ1v) is 7.31. The van der Waals surface area contributed by atoms with Gasteiger partial charge in [0.05, 0.1) is 0 Å². The molecule has 118 valence electrons. The SMILES string of the molecule is Cn1nc(C(=O)Nc2cccc(N3CCCC3=O)c2)ccc1=O. The van der Waals surface area contributed by atoms with Crippen molar-refractivity contribution in [2.45, 2.75) is 12.8 Å². The van der Waals surface area contributed by atoms with Gasteiger partial charge in [-0.1, -0.05) is 6.07 Å². The van der Waals surface area contributed by atoms with Crippen molar-refractivity contribution in [3.63, 3.8) is 0 Å². The fraction of sp³-hybridized carbons (Fsp3) is 0.250. The Balaban J connectivity index is 1.79. The Hall–Kier alpha value is -2.96. The van der Waals surface area contributed by atoms with Crippen LogP contribution in [0.15, 0.2) is 41.2 Å². The van der Waals surface area contributed by atoms with E-state index in [0.717, 1.165) is 16.8 Å². The topological polar surface area (TPSA) is 84.3 Å². The zero-order valence-electron chi connectivity index (χ0n) is 12.7. The van der Waals surface area contributed by atoms with Gasteiger partial charge in [0.25, 0.3) is 11.5 Å². The predicted octanol–water partition coefficient (Wildman–Crippen LogP) is 1.16. The van der Waals surface area contributed by atoms with E-state index in [2.05, 4.69) is 10.4 Å². The third-order valence-electron chi connectivity index (χ3n) is 3.68.